The Balaban J connectivity index is 2.09. The molecule has 1 aromatic carbocycles. The molecule has 0 saturated heterocycles. The van der Waals surface area contributed by atoms with Gasteiger partial charge in [-0.25, -0.2) is 4.98 Å². The van der Waals surface area contributed by atoms with Gasteiger partial charge in [0.2, 0.25) is 0 Å². The zero-order valence-corrected chi connectivity index (χ0v) is 9.50. The van der Waals surface area contributed by atoms with Gasteiger partial charge in [0, 0.05) is 36.1 Å². The second kappa shape index (κ2) is 3.89. The molecule has 1 aromatic heterocycles. The number of rotatable bonds is 1. The SMILES string of the molecule is Nc1ccccc1-c1ncc2n1CCC(O)C2. The lowest BCUT2D eigenvalue weighted by molar-refractivity contribution is 0.144. The zero-order chi connectivity index (χ0) is 11.8. The summed E-state index contributed by atoms with van der Waals surface area (Å²) in [5.41, 5.74) is 8.77. The molecule has 2 aromatic rings. The maximum absolute atomic E-state index is 9.62. The summed E-state index contributed by atoms with van der Waals surface area (Å²) in [6.07, 6.45) is 3.06. The van der Waals surface area contributed by atoms with Crippen LogP contribution in [-0.4, -0.2) is 20.8 Å². The molecule has 0 spiro atoms. The first kappa shape index (κ1) is 10.4. The lowest BCUT2D eigenvalue weighted by atomic mass is 10.1. The van der Waals surface area contributed by atoms with Crippen molar-refractivity contribution < 1.29 is 5.11 Å². The molecule has 1 aliphatic heterocycles. The van der Waals surface area contributed by atoms with Crippen molar-refractivity contribution in [2.75, 3.05) is 5.73 Å². The Bertz CT molecular complexity index is 547. The predicted octanol–water partition coefficient (Wildman–Crippen LogP) is 1.44. The number of imidazole rings is 1. The monoisotopic (exact) mass is 229 g/mol. The number of nitrogens with two attached hydrogens (primary N) is 1. The molecule has 3 rings (SSSR count). The van der Waals surface area contributed by atoms with Crippen LogP contribution >= 0.6 is 0 Å². The summed E-state index contributed by atoms with van der Waals surface area (Å²) < 4.78 is 2.15. The highest BCUT2D eigenvalue weighted by molar-refractivity contribution is 5.71. The Kier molecular flexibility index (Phi) is 2.37. The van der Waals surface area contributed by atoms with Crippen LogP contribution in [0, 0.1) is 0 Å². The van der Waals surface area contributed by atoms with Crippen LogP contribution in [0.25, 0.3) is 11.4 Å². The van der Waals surface area contributed by atoms with Crippen molar-refractivity contribution in [1.29, 1.82) is 0 Å². The molecule has 2 heterocycles. The van der Waals surface area contributed by atoms with E-state index in [9.17, 15) is 5.11 Å². The third-order valence-corrected chi connectivity index (χ3v) is 3.27. The Morgan fingerprint density at radius 2 is 2.18 bits per heavy atom. The molecule has 17 heavy (non-hydrogen) atoms. The van der Waals surface area contributed by atoms with Crippen molar-refractivity contribution >= 4 is 5.69 Å². The van der Waals surface area contributed by atoms with E-state index in [0.717, 1.165) is 35.7 Å². The zero-order valence-electron chi connectivity index (χ0n) is 9.50. The summed E-state index contributed by atoms with van der Waals surface area (Å²) in [6, 6.07) is 7.75. The van der Waals surface area contributed by atoms with Gasteiger partial charge in [0.1, 0.15) is 5.82 Å². The number of fused-ring (bicyclic) bond motifs is 1. The number of benzene rings is 1. The largest absolute Gasteiger partial charge is 0.398 e. The molecule has 1 aliphatic rings. The van der Waals surface area contributed by atoms with Crippen LogP contribution in [0.3, 0.4) is 0 Å². The lowest BCUT2D eigenvalue weighted by Crippen LogP contribution is -2.23. The van der Waals surface area contributed by atoms with Gasteiger partial charge < -0.3 is 15.4 Å². The van der Waals surface area contributed by atoms with Gasteiger partial charge in [-0.05, 0) is 18.6 Å². The molecular weight excluding hydrogens is 214 g/mol. The van der Waals surface area contributed by atoms with Crippen molar-refractivity contribution in [1.82, 2.24) is 9.55 Å². The molecule has 0 amide bonds. The van der Waals surface area contributed by atoms with Gasteiger partial charge in [0.05, 0.1) is 6.10 Å². The van der Waals surface area contributed by atoms with E-state index in [1.54, 1.807) is 0 Å². The third kappa shape index (κ3) is 1.70. The van der Waals surface area contributed by atoms with E-state index in [-0.39, 0.29) is 6.10 Å². The van der Waals surface area contributed by atoms with Gasteiger partial charge in [-0.3, -0.25) is 0 Å². The quantitative estimate of drug-likeness (QED) is 0.727. The van der Waals surface area contributed by atoms with E-state index in [0.29, 0.717) is 6.42 Å². The van der Waals surface area contributed by atoms with E-state index in [1.807, 2.05) is 30.5 Å². The number of nitrogen functional groups attached to an aromatic ring is 1. The fraction of sp³-hybridized carbons (Fsp3) is 0.308. The van der Waals surface area contributed by atoms with Crippen LogP contribution in [0.2, 0.25) is 0 Å². The number of aromatic nitrogens is 2. The molecule has 0 fully saturated rings. The van der Waals surface area contributed by atoms with Gasteiger partial charge in [-0.15, -0.1) is 0 Å². The van der Waals surface area contributed by atoms with E-state index >= 15 is 0 Å². The first-order valence-corrected chi connectivity index (χ1v) is 5.83. The average molecular weight is 229 g/mol. The van der Waals surface area contributed by atoms with Gasteiger partial charge in [0.15, 0.2) is 0 Å². The van der Waals surface area contributed by atoms with Crippen molar-refractivity contribution in [2.45, 2.75) is 25.5 Å². The Morgan fingerprint density at radius 3 is 3.00 bits per heavy atom. The molecule has 3 N–H and O–H groups in total. The molecule has 0 saturated carbocycles. The van der Waals surface area contributed by atoms with Gasteiger partial charge >= 0.3 is 0 Å². The summed E-state index contributed by atoms with van der Waals surface area (Å²) in [5.74, 6) is 0.907. The van der Waals surface area contributed by atoms with Crippen molar-refractivity contribution in [3.63, 3.8) is 0 Å². The highest BCUT2D eigenvalue weighted by Gasteiger charge is 2.20. The standard InChI is InChI=1S/C13H15N3O/c14-12-4-2-1-3-11(12)13-15-8-9-7-10(17)5-6-16(9)13/h1-4,8,10,17H,5-7,14H2. The molecule has 0 aliphatic carbocycles. The van der Waals surface area contributed by atoms with Crippen LogP contribution in [0.15, 0.2) is 30.5 Å². The van der Waals surface area contributed by atoms with Crippen LogP contribution in [0.4, 0.5) is 5.69 Å². The van der Waals surface area contributed by atoms with Gasteiger partial charge in [0.25, 0.3) is 0 Å². The van der Waals surface area contributed by atoms with Gasteiger partial charge in [-0.1, -0.05) is 12.1 Å². The number of para-hydroxylation sites is 1. The summed E-state index contributed by atoms with van der Waals surface area (Å²) >= 11 is 0. The first-order valence-electron chi connectivity index (χ1n) is 5.83. The fourth-order valence-electron chi connectivity index (χ4n) is 2.36. The molecule has 4 heteroatoms. The fourth-order valence-corrected chi connectivity index (χ4v) is 2.36. The normalized spacial score (nSPS) is 19.0. The number of hydrogen-bond acceptors (Lipinski definition) is 3. The van der Waals surface area contributed by atoms with Crippen LogP contribution < -0.4 is 5.73 Å². The minimum atomic E-state index is -0.236. The predicted molar refractivity (Wildman–Crippen MR) is 66.4 cm³/mol. The van der Waals surface area contributed by atoms with E-state index < -0.39 is 0 Å². The van der Waals surface area contributed by atoms with Crippen molar-refractivity contribution in [3.8, 4) is 11.4 Å². The summed E-state index contributed by atoms with van der Waals surface area (Å²) in [7, 11) is 0. The molecule has 4 nitrogen and oxygen atoms in total. The molecule has 88 valence electrons. The van der Waals surface area contributed by atoms with Crippen molar-refractivity contribution in [3.05, 3.63) is 36.2 Å². The number of anilines is 1. The van der Waals surface area contributed by atoms with Crippen LogP contribution in [0.1, 0.15) is 12.1 Å². The van der Waals surface area contributed by atoms with Gasteiger partial charge in [-0.2, -0.15) is 0 Å². The average Bonchev–Trinajstić information content (AvgIpc) is 2.72. The minimum Gasteiger partial charge on any atom is -0.398 e. The maximum Gasteiger partial charge on any atom is 0.142 e. The first-order chi connectivity index (χ1) is 8.25. The minimum absolute atomic E-state index is 0.236. The Labute approximate surface area is 99.7 Å². The third-order valence-electron chi connectivity index (χ3n) is 3.27. The second-order valence-corrected chi connectivity index (χ2v) is 4.46. The molecule has 0 radical (unpaired) electrons. The molecule has 0 bridgehead atoms. The Hall–Kier alpha value is -1.81. The highest BCUT2D eigenvalue weighted by atomic mass is 16.3. The van der Waals surface area contributed by atoms with E-state index in [1.165, 1.54) is 0 Å². The van der Waals surface area contributed by atoms with Crippen LogP contribution in [-0.2, 0) is 13.0 Å². The highest BCUT2D eigenvalue weighted by Crippen LogP contribution is 2.28. The summed E-state index contributed by atoms with van der Waals surface area (Å²) in [4.78, 5) is 4.44. The van der Waals surface area contributed by atoms with Crippen LogP contribution in [0.5, 0.6) is 0 Å². The number of aliphatic hydroxyl groups is 1. The topological polar surface area (TPSA) is 64.1 Å². The van der Waals surface area contributed by atoms with E-state index in [2.05, 4.69) is 9.55 Å². The number of aliphatic hydroxyl groups excluding tert-OH is 1. The number of hydrogen-bond donors (Lipinski definition) is 2. The Morgan fingerprint density at radius 1 is 1.35 bits per heavy atom. The smallest absolute Gasteiger partial charge is 0.142 e. The molecule has 1 unspecified atom stereocenters. The summed E-state index contributed by atoms with van der Waals surface area (Å²) in [5, 5.41) is 9.62. The lowest BCUT2D eigenvalue weighted by Gasteiger charge is -2.21. The molecule has 1 atom stereocenters. The number of nitrogens with zero attached hydrogens (tertiary/aromatic N) is 2. The van der Waals surface area contributed by atoms with E-state index in [4.69, 9.17) is 5.73 Å². The van der Waals surface area contributed by atoms with Crippen molar-refractivity contribution in [2.24, 2.45) is 0 Å². The second-order valence-electron chi connectivity index (χ2n) is 4.46. The molecular formula is C13H15N3O. The summed E-state index contributed by atoms with van der Waals surface area (Å²) in [6.45, 7) is 0.806. The maximum atomic E-state index is 9.62.